The van der Waals surface area contributed by atoms with Crippen molar-refractivity contribution in [3.63, 3.8) is 0 Å². The predicted molar refractivity (Wildman–Crippen MR) is 67.8 cm³/mol. The van der Waals surface area contributed by atoms with Gasteiger partial charge in [-0.3, -0.25) is 9.59 Å². The van der Waals surface area contributed by atoms with Gasteiger partial charge in [-0.25, -0.2) is 0 Å². The van der Waals surface area contributed by atoms with E-state index in [4.69, 9.17) is 5.11 Å². The fourth-order valence-corrected chi connectivity index (χ4v) is 2.00. The van der Waals surface area contributed by atoms with Crippen molar-refractivity contribution in [1.82, 2.24) is 5.32 Å². The van der Waals surface area contributed by atoms with Crippen molar-refractivity contribution in [1.29, 1.82) is 0 Å². The highest BCUT2D eigenvalue weighted by Crippen LogP contribution is 2.22. The molecule has 0 unspecified atom stereocenters. The van der Waals surface area contributed by atoms with Gasteiger partial charge in [0, 0.05) is 24.3 Å². The molecule has 0 fully saturated rings. The summed E-state index contributed by atoms with van der Waals surface area (Å²) in [5.41, 5.74) is 2.82. The van der Waals surface area contributed by atoms with Crippen molar-refractivity contribution < 1.29 is 14.7 Å². The minimum Gasteiger partial charge on any atom is -0.481 e. The molecule has 5 heteroatoms. The fourth-order valence-electron chi connectivity index (χ4n) is 2.00. The van der Waals surface area contributed by atoms with E-state index < -0.39 is 5.97 Å². The monoisotopic (exact) mass is 248 g/mol. The number of carboxylic acids is 1. The summed E-state index contributed by atoms with van der Waals surface area (Å²) in [4.78, 5) is 22.1. The lowest BCUT2D eigenvalue weighted by Gasteiger charge is -2.18. The number of amides is 1. The van der Waals surface area contributed by atoms with Gasteiger partial charge in [-0.15, -0.1) is 0 Å². The highest BCUT2D eigenvalue weighted by Gasteiger charge is 2.12. The Kier molecular flexibility index (Phi) is 3.82. The highest BCUT2D eigenvalue weighted by atomic mass is 16.4. The third kappa shape index (κ3) is 3.00. The van der Waals surface area contributed by atoms with Gasteiger partial charge in [-0.2, -0.15) is 0 Å². The van der Waals surface area contributed by atoms with Crippen LogP contribution < -0.4 is 10.6 Å². The first-order valence-corrected chi connectivity index (χ1v) is 6.03. The van der Waals surface area contributed by atoms with Crippen LogP contribution in [0.4, 0.5) is 5.69 Å². The van der Waals surface area contributed by atoms with Crippen molar-refractivity contribution in [2.45, 2.75) is 19.3 Å². The van der Waals surface area contributed by atoms with Crippen molar-refractivity contribution in [2.75, 3.05) is 18.4 Å². The molecule has 0 saturated carbocycles. The number of aliphatic carboxylic acids is 1. The molecule has 1 aliphatic rings. The maximum absolute atomic E-state index is 11.8. The van der Waals surface area contributed by atoms with Crippen LogP contribution in [0, 0.1) is 0 Å². The van der Waals surface area contributed by atoms with Crippen LogP contribution in [0.2, 0.25) is 0 Å². The number of fused-ring (bicyclic) bond motifs is 1. The van der Waals surface area contributed by atoms with Gasteiger partial charge in [0.1, 0.15) is 0 Å². The Labute approximate surface area is 105 Å². The molecule has 18 heavy (non-hydrogen) atoms. The normalized spacial score (nSPS) is 13.3. The van der Waals surface area contributed by atoms with Crippen LogP contribution in [-0.2, 0) is 11.2 Å². The summed E-state index contributed by atoms with van der Waals surface area (Å²) >= 11 is 0. The summed E-state index contributed by atoms with van der Waals surface area (Å²) in [6, 6.07) is 5.53. The first-order chi connectivity index (χ1) is 8.66. The van der Waals surface area contributed by atoms with Crippen LogP contribution in [-0.4, -0.2) is 30.1 Å². The first kappa shape index (κ1) is 12.4. The van der Waals surface area contributed by atoms with E-state index >= 15 is 0 Å². The number of anilines is 1. The van der Waals surface area contributed by atoms with E-state index in [0.717, 1.165) is 30.6 Å². The van der Waals surface area contributed by atoms with Crippen LogP contribution >= 0.6 is 0 Å². The second-order valence-corrected chi connectivity index (χ2v) is 4.30. The van der Waals surface area contributed by atoms with Crippen LogP contribution in [0.1, 0.15) is 28.8 Å². The number of hydrogen-bond donors (Lipinski definition) is 3. The van der Waals surface area contributed by atoms with E-state index in [1.165, 1.54) is 0 Å². The maximum Gasteiger partial charge on any atom is 0.305 e. The molecule has 3 N–H and O–H groups in total. The lowest BCUT2D eigenvalue weighted by Crippen LogP contribution is -2.26. The Morgan fingerprint density at radius 2 is 2.22 bits per heavy atom. The van der Waals surface area contributed by atoms with Gasteiger partial charge in [-0.1, -0.05) is 0 Å². The van der Waals surface area contributed by atoms with E-state index in [2.05, 4.69) is 10.6 Å². The van der Waals surface area contributed by atoms with Crippen molar-refractivity contribution in [3.05, 3.63) is 29.3 Å². The maximum atomic E-state index is 11.8. The highest BCUT2D eigenvalue weighted by molar-refractivity contribution is 5.95. The number of nitrogens with one attached hydrogen (secondary N) is 2. The smallest absolute Gasteiger partial charge is 0.305 e. The average molecular weight is 248 g/mol. The number of benzene rings is 1. The topological polar surface area (TPSA) is 78.4 Å². The molecule has 0 radical (unpaired) electrons. The molecule has 96 valence electrons. The molecule has 1 aliphatic heterocycles. The average Bonchev–Trinajstić information content (AvgIpc) is 2.37. The van der Waals surface area contributed by atoms with Gasteiger partial charge in [-0.05, 0) is 36.6 Å². The zero-order chi connectivity index (χ0) is 13.0. The summed E-state index contributed by atoms with van der Waals surface area (Å²) in [6.07, 6.45) is 1.98. The molecule has 1 aromatic carbocycles. The molecule has 0 spiro atoms. The van der Waals surface area contributed by atoms with Gasteiger partial charge >= 0.3 is 5.97 Å². The SMILES string of the molecule is O=C(O)CCNC(=O)c1ccc2c(c1)CCCN2. The third-order valence-corrected chi connectivity index (χ3v) is 2.93. The molecule has 0 aliphatic carbocycles. The Morgan fingerprint density at radius 1 is 1.39 bits per heavy atom. The summed E-state index contributed by atoms with van der Waals surface area (Å²) < 4.78 is 0. The van der Waals surface area contributed by atoms with Gasteiger partial charge < -0.3 is 15.7 Å². The number of aryl methyl sites for hydroxylation is 1. The van der Waals surface area contributed by atoms with Crippen LogP contribution in [0.15, 0.2) is 18.2 Å². The molecule has 0 bridgehead atoms. The standard InChI is InChI=1S/C13H16N2O3/c16-12(17)5-7-15-13(18)10-3-4-11-9(8-10)2-1-6-14-11/h3-4,8,14H,1-2,5-7H2,(H,15,18)(H,16,17). The molecule has 2 rings (SSSR count). The van der Waals surface area contributed by atoms with E-state index in [1.54, 1.807) is 6.07 Å². The molecule has 1 heterocycles. The number of carbonyl (C=O) groups is 2. The van der Waals surface area contributed by atoms with Crippen molar-refractivity contribution >= 4 is 17.6 Å². The Bertz CT molecular complexity index is 471. The molecule has 1 aromatic rings. The van der Waals surface area contributed by atoms with Crippen molar-refractivity contribution in [2.24, 2.45) is 0 Å². The summed E-state index contributed by atoms with van der Waals surface area (Å²) in [7, 11) is 0. The molecular weight excluding hydrogens is 232 g/mol. The number of carbonyl (C=O) groups excluding carboxylic acids is 1. The van der Waals surface area contributed by atoms with Crippen LogP contribution in [0.5, 0.6) is 0 Å². The van der Waals surface area contributed by atoms with E-state index in [1.807, 2.05) is 12.1 Å². The Morgan fingerprint density at radius 3 is 3.00 bits per heavy atom. The number of rotatable bonds is 4. The van der Waals surface area contributed by atoms with Gasteiger partial charge in [0.05, 0.1) is 6.42 Å². The molecule has 0 saturated heterocycles. The summed E-state index contributed by atoms with van der Waals surface area (Å²) in [6.45, 7) is 1.13. The zero-order valence-electron chi connectivity index (χ0n) is 10.0. The molecular formula is C13H16N2O3. The summed E-state index contributed by atoms with van der Waals surface area (Å²) in [5.74, 6) is -1.13. The van der Waals surface area contributed by atoms with E-state index in [0.29, 0.717) is 5.56 Å². The van der Waals surface area contributed by atoms with E-state index in [9.17, 15) is 9.59 Å². The fraction of sp³-hybridized carbons (Fsp3) is 0.385. The zero-order valence-corrected chi connectivity index (χ0v) is 10.0. The lowest BCUT2D eigenvalue weighted by atomic mass is 10.0. The molecule has 1 amide bonds. The third-order valence-electron chi connectivity index (χ3n) is 2.93. The molecule has 5 nitrogen and oxygen atoms in total. The molecule has 0 aromatic heterocycles. The second-order valence-electron chi connectivity index (χ2n) is 4.30. The first-order valence-electron chi connectivity index (χ1n) is 6.03. The number of hydrogen-bond acceptors (Lipinski definition) is 3. The largest absolute Gasteiger partial charge is 0.481 e. The van der Waals surface area contributed by atoms with Gasteiger partial charge in [0.25, 0.3) is 5.91 Å². The van der Waals surface area contributed by atoms with Crippen molar-refractivity contribution in [3.8, 4) is 0 Å². The number of carboxylic acid groups (broad SMARTS) is 1. The molecule has 0 atom stereocenters. The Balaban J connectivity index is 2.00. The van der Waals surface area contributed by atoms with E-state index in [-0.39, 0.29) is 18.9 Å². The Hall–Kier alpha value is -2.04. The van der Waals surface area contributed by atoms with Gasteiger partial charge in [0.15, 0.2) is 0 Å². The quantitative estimate of drug-likeness (QED) is 0.749. The van der Waals surface area contributed by atoms with Gasteiger partial charge in [0.2, 0.25) is 0 Å². The van der Waals surface area contributed by atoms with Crippen LogP contribution in [0.3, 0.4) is 0 Å². The lowest BCUT2D eigenvalue weighted by molar-refractivity contribution is -0.136. The summed E-state index contributed by atoms with van der Waals surface area (Å²) in [5, 5.41) is 14.4. The second kappa shape index (κ2) is 5.53. The minimum atomic E-state index is -0.912. The van der Waals surface area contributed by atoms with Crippen LogP contribution in [0.25, 0.3) is 0 Å². The predicted octanol–water partition coefficient (Wildman–Crippen LogP) is 1.25. The minimum absolute atomic E-state index is 0.0573.